The lowest BCUT2D eigenvalue weighted by atomic mass is 9.85. The normalized spacial score (nSPS) is 18.9. The van der Waals surface area contributed by atoms with Crippen LogP contribution in [0.5, 0.6) is 0 Å². The molecule has 0 aliphatic carbocycles. The highest BCUT2D eigenvalue weighted by molar-refractivity contribution is 9.10. The van der Waals surface area contributed by atoms with Gasteiger partial charge in [0.15, 0.2) is 0 Å². The molecule has 0 amide bonds. The minimum absolute atomic E-state index is 0.493. The van der Waals surface area contributed by atoms with E-state index in [-0.39, 0.29) is 0 Å². The molecule has 1 aromatic rings. The molecule has 1 saturated heterocycles. The molecule has 21 heavy (non-hydrogen) atoms. The van der Waals surface area contributed by atoms with E-state index in [4.69, 9.17) is 0 Å². The second-order valence-electron chi connectivity index (χ2n) is 7.32. The number of anilines is 1. The molecule has 0 aromatic heterocycles. The van der Waals surface area contributed by atoms with Gasteiger partial charge in [-0.2, -0.15) is 0 Å². The van der Waals surface area contributed by atoms with Gasteiger partial charge in [-0.1, -0.05) is 49.7 Å². The van der Waals surface area contributed by atoms with Crippen LogP contribution in [0.3, 0.4) is 0 Å². The summed E-state index contributed by atoms with van der Waals surface area (Å²) in [5.41, 5.74) is 3.18. The number of halogens is 1. The SMILES string of the molecule is CC(C)NCc1ccc(N2CCCC(C)(C)CC2)cc1Br. The van der Waals surface area contributed by atoms with Gasteiger partial charge in [0.1, 0.15) is 0 Å². The number of benzene rings is 1. The Morgan fingerprint density at radius 3 is 2.67 bits per heavy atom. The first kappa shape index (κ1) is 16.8. The van der Waals surface area contributed by atoms with Crippen molar-refractivity contribution in [3.8, 4) is 0 Å². The summed E-state index contributed by atoms with van der Waals surface area (Å²) in [5, 5.41) is 3.48. The number of rotatable bonds is 4. The molecule has 2 nitrogen and oxygen atoms in total. The van der Waals surface area contributed by atoms with Gasteiger partial charge in [-0.05, 0) is 42.4 Å². The van der Waals surface area contributed by atoms with Crippen molar-refractivity contribution in [2.24, 2.45) is 5.41 Å². The van der Waals surface area contributed by atoms with Crippen LogP contribution in [0.2, 0.25) is 0 Å². The average molecular weight is 353 g/mol. The van der Waals surface area contributed by atoms with Gasteiger partial charge in [-0.15, -0.1) is 0 Å². The van der Waals surface area contributed by atoms with Crippen LogP contribution in [0.25, 0.3) is 0 Å². The molecule has 0 bridgehead atoms. The van der Waals surface area contributed by atoms with E-state index in [0.29, 0.717) is 11.5 Å². The first-order valence-corrected chi connectivity index (χ1v) is 8.93. The zero-order valence-electron chi connectivity index (χ0n) is 13.9. The summed E-state index contributed by atoms with van der Waals surface area (Å²) in [6.07, 6.45) is 3.91. The molecule has 3 heteroatoms. The third-order valence-electron chi connectivity index (χ3n) is 4.44. The molecular formula is C18H29BrN2. The molecule has 0 atom stereocenters. The Bertz CT molecular complexity index is 468. The Kier molecular flexibility index (Phi) is 5.73. The van der Waals surface area contributed by atoms with Crippen LogP contribution in [-0.2, 0) is 6.54 Å². The molecule has 0 saturated carbocycles. The highest BCUT2D eigenvalue weighted by atomic mass is 79.9. The van der Waals surface area contributed by atoms with Gasteiger partial charge < -0.3 is 10.2 Å². The molecule has 1 N–H and O–H groups in total. The fourth-order valence-corrected chi connectivity index (χ4v) is 3.38. The van der Waals surface area contributed by atoms with E-state index in [2.05, 4.69) is 72.0 Å². The van der Waals surface area contributed by atoms with E-state index in [1.807, 2.05) is 0 Å². The van der Waals surface area contributed by atoms with Gasteiger partial charge in [-0.25, -0.2) is 0 Å². The van der Waals surface area contributed by atoms with Crippen LogP contribution in [-0.4, -0.2) is 19.1 Å². The monoisotopic (exact) mass is 352 g/mol. The predicted octanol–water partition coefficient (Wildman–Crippen LogP) is 4.96. The van der Waals surface area contributed by atoms with Crippen molar-refractivity contribution in [1.82, 2.24) is 5.32 Å². The van der Waals surface area contributed by atoms with Crippen LogP contribution in [0.1, 0.15) is 52.5 Å². The van der Waals surface area contributed by atoms with Gasteiger partial charge in [0.05, 0.1) is 0 Å². The third-order valence-corrected chi connectivity index (χ3v) is 5.18. The molecule has 1 aliphatic heterocycles. The summed E-state index contributed by atoms with van der Waals surface area (Å²) in [5.74, 6) is 0. The predicted molar refractivity (Wildman–Crippen MR) is 96.0 cm³/mol. The Morgan fingerprint density at radius 1 is 1.24 bits per heavy atom. The first-order chi connectivity index (χ1) is 9.87. The Labute approximate surface area is 138 Å². The van der Waals surface area contributed by atoms with Crippen molar-refractivity contribution >= 4 is 21.6 Å². The van der Waals surface area contributed by atoms with E-state index in [9.17, 15) is 0 Å². The fraction of sp³-hybridized carbons (Fsp3) is 0.667. The van der Waals surface area contributed by atoms with E-state index in [0.717, 1.165) is 6.54 Å². The minimum Gasteiger partial charge on any atom is -0.371 e. The van der Waals surface area contributed by atoms with Crippen molar-refractivity contribution in [2.45, 2.75) is 59.5 Å². The standard InChI is InChI=1S/C18H29BrN2/c1-14(2)20-13-15-6-7-16(12-17(15)19)21-10-5-8-18(3,4)9-11-21/h6-7,12,14,20H,5,8-11,13H2,1-4H3. The second kappa shape index (κ2) is 7.15. The van der Waals surface area contributed by atoms with E-state index in [1.165, 1.54) is 48.1 Å². The summed E-state index contributed by atoms with van der Waals surface area (Å²) >= 11 is 3.74. The Morgan fingerprint density at radius 2 is 2.00 bits per heavy atom. The van der Waals surface area contributed by atoms with Crippen molar-refractivity contribution in [3.05, 3.63) is 28.2 Å². The number of nitrogens with zero attached hydrogens (tertiary/aromatic N) is 1. The largest absolute Gasteiger partial charge is 0.371 e. The quantitative estimate of drug-likeness (QED) is 0.823. The van der Waals surface area contributed by atoms with Crippen LogP contribution in [0, 0.1) is 5.41 Å². The van der Waals surface area contributed by atoms with Gasteiger partial charge in [0.2, 0.25) is 0 Å². The molecule has 1 aliphatic rings. The molecule has 0 spiro atoms. The van der Waals surface area contributed by atoms with Crippen molar-refractivity contribution in [1.29, 1.82) is 0 Å². The lowest BCUT2D eigenvalue weighted by Gasteiger charge is -2.25. The summed E-state index contributed by atoms with van der Waals surface area (Å²) in [6.45, 7) is 12.4. The van der Waals surface area contributed by atoms with Gasteiger partial charge >= 0.3 is 0 Å². The molecule has 1 heterocycles. The van der Waals surface area contributed by atoms with Gasteiger partial charge in [0.25, 0.3) is 0 Å². The number of hydrogen-bond acceptors (Lipinski definition) is 2. The van der Waals surface area contributed by atoms with Crippen molar-refractivity contribution in [3.63, 3.8) is 0 Å². The summed E-state index contributed by atoms with van der Waals surface area (Å²) in [4.78, 5) is 2.54. The summed E-state index contributed by atoms with van der Waals surface area (Å²) in [6, 6.07) is 7.34. The van der Waals surface area contributed by atoms with Crippen molar-refractivity contribution in [2.75, 3.05) is 18.0 Å². The molecule has 2 rings (SSSR count). The van der Waals surface area contributed by atoms with Crippen LogP contribution >= 0.6 is 15.9 Å². The first-order valence-electron chi connectivity index (χ1n) is 8.14. The van der Waals surface area contributed by atoms with E-state index >= 15 is 0 Å². The lowest BCUT2D eigenvalue weighted by molar-refractivity contribution is 0.325. The summed E-state index contributed by atoms with van der Waals surface area (Å²) < 4.78 is 1.22. The summed E-state index contributed by atoms with van der Waals surface area (Å²) in [7, 11) is 0. The van der Waals surface area contributed by atoms with Crippen LogP contribution in [0.15, 0.2) is 22.7 Å². The fourth-order valence-electron chi connectivity index (χ4n) is 2.87. The highest BCUT2D eigenvalue weighted by Gasteiger charge is 2.23. The lowest BCUT2D eigenvalue weighted by Crippen LogP contribution is -2.25. The average Bonchev–Trinajstić information content (AvgIpc) is 2.58. The highest BCUT2D eigenvalue weighted by Crippen LogP contribution is 2.32. The van der Waals surface area contributed by atoms with E-state index in [1.54, 1.807) is 0 Å². The maximum atomic E-state index is 3.74. The third kappa shape index (κ3) is 5.00. The maximum Gasteiger partial charge on any atom is 0.0377 e. The number of hydrogen-bond donors (Lipinski definition) is 1. The zero-order valence-corrected chi connectivity index (χ0v) is 15.5. The van der Waals surface area contributed by atoms with Gasteiger partial charge in [-0.3, -0.25) is 0 Å². The van der Waals surface area contributed by atoms with Crippen molar-refractivity contribution < 1.29 is 0 Å². The molecule has 118 valence electrons. The van der Waals surface area contributed by atoms with Gasteiger partial charge in [0, 0.05) is 35.8 Å². The second-order valence-corrected chi connectivity index (χ2v) is 8.17. The Hall–Kier alpha value is -0.540. The van der Waals surface area contributed by atoms with E-state index < -0.39 is 0 Å². The topological polar surface area (TPSA) is 15.3 Å². The Balaban J connectivity index is 2.05. The maximum absolute atomic E-state index is 3.74. The smallest absolute Gasteiger partial charge is 0.0377 e. The molecule has 0 radical (unpaired) electrons. The number of nitrogens with one attached hydrogen (secondary N) is 1. The molecule has 1 fully saturated rings. The molecule has 0 unspecified atom stereocenters. The molecule has 1 aromatic carbocycles. The zero-order chi connectivity index (χ0) is 15.5. The molecular weight excluding hydrogens is 324 g/mol. The van der Waals surface area contributed by atoms with Crippen LogP contribution in [0.4, 0.5) is 5.69 Å². The van der Waals surface area contributed by atoms with Crippen LogP contribution < -0.4 is 10.2 Å². The minimum atomic E-state index is 0.493.